The third-order valence-electron chi connectivity index (χ3n) is 3.88. The summed E-state index contributed by atoms with van der Waals surface area (Å²) in [7, 11) is 0. The van der Waals surface area contributed by atoms with Crippen LogP contribution in [-0.4, -0.2) is 34.9 Å². The summed E-state index contributed by atoms with van der Waals surface area (Å²) in [5.41, 5.74) is 2.47. The maximum absolute atomic E-state index is 12.7. The van der Waals surface area contributed by atoms with Crippen molar-refractivity contribution in [1.29, 1.82) is 0 Å². The number of hydrogen-bond donors (Lipinski definition) is 1. The summed E-state index contributed by atoms with van der Waals surface area (Å²) in [5, 5.41) is 9.21. The first kappa shape index (κ1) is 16.7. The van der Waals surface area contributed by atoms with Gasteiger partial charge in [0.15, 0.2) is 5.78 Å². The molecule has 5 nitrogen and oxygen atoms in total. The van der Waals surface area contributed by atoms with Crippen LogP contribution in [0.15, 0.2) is 36.7 Å². The van der Waals surface area contributed by atoms with Gasteiger partial charge in [0.2, 0.25) is 0 Å². The lowest BCUT2D eigenvalue weighted by Gasteiger charge is -2.22. The number of hydrogen-bond acceptors (Lipinski definition) is 4. The Labute approximate surface area is 135 Å². The molecule has 1 aromatic carbocycles. The van der Waals surface area contributed by atoms with Gasteiger partial charge in [0.1, 0.15) is 0 Å². The molecule has 0 unspecified atom stereocenters. The summed E-state index contributed by atoms with van der Waals surface area (Å²) in [5.74, 6) is -1.45. The van der Waals surface area contributed by atoms with Crippen molar-refractivity contribution < 1.29 is 14.7 Å². The molecular formula is C18H20N2O3. The van der Waals surface area contributed by atoms with Crippen LogP contribution in [0, 0.1) is 6.92 Å². The average molecular weight is 312 g/mol. The number of benzene rings is 1. The Bertz CT molecular complexity index is 737. The van der Waals surface area contributed by atoms with Crippen molar-refractivity contribution in [2.24, 2.45) is 0 Å². The van der Waals surface area contributed by atoms with Crippen LogP contribution < -0.4 is 4.90 Å². The van der Waals surface area contributed by atoms with Crippen LogP contribution in [0.3, 0.4) is 0 Å². The Morgan fingerprint density at radius 2 is 1.78 bits per heavy atom. The zero-order valence-corrected chi connectivity index (χ0v) is 13.5. The molecule has 0 spiro atoms. The van der Waals surface area contributed by atoms with Crippen LogP contribution >= 0.6 is 0 Å². The zero-order valence-electron chi connectivity index (χ0n) is 13.5. The molecule has 5 heteroatoms. The smallest absolute Gasteiger partial charge is 0.338 e. The van der Waals surface area contributed by atoms with Crippen molar-refractivity contribution in [2.45, 2.75) is 20.8 Å². The van der Waals surface area contributed by atoms with E-state index in [0.29, 0.717) is 5.56 Å². The number of carbonyl (C=O) groups excluding carboxylic acids is 1. The second kappa shape index (κ2) is 7.05. The molecule has 23 heavy (non-hydrogen) atoms. The van der Waals surface area contributed by atoms with E-state index in [1.165, 1.54) is 18.5 Å². The SMILES string of the molecule is CCN(CC)c1ccc(C(=O)c2ccncc2C(=O)O)c(C)c1. The highest BCUT2D eigenvalue weighted by molar-refractivity contribution is 6.14. The van der Waals surface area contributed by atoms with Crippen LogP contribution in [0.4, 0.5) is 5.69 Å². The van der Waals surface area contributed by atoms with Crippen molar-refractivity contribution in [2.75, 3.05) is 18.0 Å². The van der Waals surface area contributed by atoms with Crippen molar-refractivity contribution in [3.63, 3.8) is 0 Å². The largest absolute Gasteiger partial charge is 0.478 e. The predicted octanol–water partition coefficient (Wildman–Crippen LogP) is 3.17. The fourth-order valence-corrected chi connectivity index (χ4v) is 2.60. The number of carbonyl (C=O) groups is 2. The third kappa shape index (κ3) is 3.39. The van der Waals surface area contributed by atoms with Gasteiger partial charge >= 0.3 is 5.97 Å². The monoisotopic (exact) mass is 312 g/mol. The van der Waals surface area contributed by atoms with Gasteiger partial charge in [0.25, 0.3) is 0 Å². The number of aryl methyl sites for hydroxylation is 1. The van der Waals surface area contributed by atoms with Crippen molar-refractivity contribution in [3.8, 4) is 0 Å². The topological polar surface area (TPSA) is 70.5 Å². The van der Waals surface area contributed by atoms with E-state index < -0.39 is 5.97 Å². The summed E-state index contributed by atoms with van der Waals surface area (Å²) in [4.78, 5) is 29.9. The third-order valence-corrected chi connectivity index (χ3v) is 3.88. The fourth-order valence-electron chi connectivity index (χ4n) is 2.60. The molecule has 2 aromatic rings. The number of nitrogens with zero attached hydrogens (tertiary/aromatic N) is 2. The van der Waals surface area contributed by atoms with Gasteiger partial charge in [-0.15, -0.1) is 0 Å². The van der Waals surface area contributed by atoms with Gasteiger partial charge in [-0.1, -0.05) is 0 Å². The molecule has 0 amide bonds. The molecule has 0 aliphatic carbocycles. The number of aromatic nitrogens is 1. The summed E-state index contributed by atoms with van der Waals surface area (Å²) in [6, 6.07) is 7.07. The molecule has 0 saturated carbocycles. The van der Waals surface area contributed by atoms with Crippen LogP contribution in [0.25, 0.3) is 0 Å². The van der Waals surface area contributed by atoms with E-state index in [4.69, 9.17) is 0 Å². The summed E-state index contributed by atoms with van der Waals surface area (Å²) >= 11 is 0. The lowest BCUT2D eigenvalue weighted by atomic mass is 9.96. The maximum Gasteiger partial charge on any atom is 0.338 e. The second-order valence-corrected chi connectivity index (χ2v) is 5.23. The molecular weight excluding hydrogens is 292 g/mol. The van der Waals surface area contributed by atoms with Gasteiger partial charge in [-0.3, -0.25) is 9.78 Å². The van der Waals surface area contributed by atoms with Gasteiger partial charge in [0, 0.05) is 42.3 Å². The quantitative estimate of drug-likeness (QED) is 0.830. The maximum atomic E-state index is 12.7. The van der Waals surface area contributed by atoms with E-state index in [-0.39, 0.29) is 16.9 Å². The molecule has 0 atom stereocenters. The minimum Gasteiger partial charge on any atom is -0.478 e. The lowest BCUT2D eigenvalue weighted by Crippen LogP contribution is -2.22. The molecule has 0 radical (unpaired) electrons. The van der Waals surface area contributed by atoms with Crippen LogP contribution in [-0.2, 0) is 0 Å². The number of anilines is 1. The molecule has 1 heterocycles. The van der Waals surface area contributed by atoms with Crippen LogP contribution in [0.1, 0.15) is 45.7 Å². The molecule has 0 bridgehead atoms. The van der Waals surface area contributed by atoms with Crippen molar-refractivity contribution >= 4 is 17.4 Å². The molecule has 0 aliphatic heterocycles. The molecule has 0 aliphatic rings. The number of pyridine rings is 1. The van der Waals surface area contributed by atoms with Crippen LogP contribution in [0.2, 0.25) is 0 Å². The van der Waals surface area contributed by atoms with E-state index in [1.54, 1.807) is 6.07 Å². The number of ketones is 1. The Balaban J connectivity index is 2.43. The van der Waals surface area contributed by atoms with E-state index in [0.717, 1.165) is 24.3 Å². The number of rotatable bonds is 6. The Morgan fingerprint density at radius 1 is 1.09 bits per heavy atom. The van der Waals surface area contributed by atoms with Gasteiger partial charge in [-0.2, -0.15) is 0 Å². The van der Waals surface area contributed by atoms with Gasteiger partial charge < -0.3 is 10.0 Å². The van der Waals surface area contributed by atoms with E-state index in [1.807, 2.05) is 19.1 Å². The summed E-state index contributed by atoms with van der Waals surface area (Å²) in [6.07, 6.45) is 2.63. The first-order valence-corrected chi connectivity index (χ1v) is 7.57. The van der Waals surface area contributed by atoms with Gasteiger partial charge in [0.05, 0.1) is 5.56 Å². The zero-order chi connectivity index (χ0) is 17.0. The molecule has 120 valence electrons. The summed E-state index contributed by atoms with van der Waals surface area (Å²) in [6.45, 7) is 7.79. The molecule has 1 aromatic heterocycles. The Kier molecular flexibility index (Phi) is 5.11. The standard InChI is InChI=1S/C18H20N2O3/c1-4-20(5-2)13-6-7-14(12(3)10-13)17(21)15-8-9-19-11-16(15)18(22)23/h6-11H,4-5H2,1-3H3,(H,22,23). The van der Waals surface area contributed by atoms with Crippen LogP contribution in [0.5, 0.6) is 0 Å². The van der Waals surface area contributed by atoms with Crippen molar-refractivity contribution in [3.05, 3.63) is 58.9 Å². The van der Waals surface area contributed by atoms with Crippen molar-refractivity contribution in [1.82, 2.24) is 4.98 Å². The second-order valence-electron chi connectivity index (χ2n) is 5.23. The number of carboxylic acid groups (broad SMARTS) is 1. The first-order valence-electron chi connectivity index (χ1n) is 7.57. The minimum absolute atomic E-state index is 0.0790. The molecule has 1 N–H and O–H groups in total. The number of aromatic carboxylic acids is 1. The number of carboxylic acids is 1. The van der Waals surface area contributed by atoms with Gasteiger partial charge in [-0.05, 0) is 50.6 Å². The fraction of sp³-hybridized carbons (Fsp3) is 0.278. The Hall–Kier alpha value is -2.69. The highest BCUT2D eigenvalue weighted by Gasteiger charge is 2.19. The molecule has 2 rings (SSSR count). The first-order chi connectivity index (χ1) is 11.0. The highest BCUT2D eigenvalue weighted by Crippen LogP contribution is 2.22. The molecule has 0 saturated heterocycles. The van der Waals surface area contributed by atoms with Gasteiger partial charge in [-0.25, -0.2) is 4.79 Å². The highest BCUT2D eigenvalue weighted by atomic mass is 16.4. The minimum atomic E-state index is -1.15. The average Bonchev–Trinajstić information content (AvgIpc) is 2.55. The van der Waals surface area contributed by atoms with E-state index in [2.05, 4.69) is 23.7 Å². The Morgan fingerprint density at radius 3 is 2.35 bits per heavy atom. The lowest BCUT2D eigenvalue weighted by molar-refractivity contribution is 0.0692. The van der Waals surface area contributed by atoms with E-state index >= 15 is 0 Å². The predicted molar refractivity (Wildman–Crippen MR) is 89.4 cm³/mol. The molecule has 0 fully saturated rings. The normalized spacial score (nSPS) is 10.4. The van der Waals surface area contributed by atoms with E-state index in [9.17, 15) is 14.7 Å². The summed E-state index contributed by atoms with van der Waals surface area (Å²) < 4.78 is 0.